The fourth-order valence-corrected chi connectivity index (χ4v) is 3.12. The Bertz CT molecular complexity index is 215. The molecule has 0 aromatic rings. The number of rotatable bonds is 9. The first-order chi connectivity index (χ1) is 9.19. The Morgan fingerprint density at radius 3 is 2.53 bits per heavy atom. The molecule has 1 fully saturated rings. The first-order valence-electron chi connectivity index (χ1n) is 8.10. The number of nitrogens with zero attached hydrogens (tertiary/aromatic N) is 1. The molecule has 0 aromatic heterocycles. The van der Waals surface area contributed by atoms with Gasteiger partial charge < -0.3 is 10.1 Å². The van der Waals surface area contributed by atoms with Crippen LogP contribution in [0.4, 0.5) is 0 Å². The summed E-state index contributed by atoms with van der Waals surface area (Å²) in [6, 6.07) is 1.43. The predicted octanol–water partition coefficient (Wildman–Crippen LogP) is 2.90. The number of nitrogens with one attached hydrogen (secondary N) is 1. The molecule has 1 aliphatic rings. The summed E-state index contributed by atoms with van der Waals surface area (Å²) in [5, 5.41) is 3.54. The van der Waals surface area contributed by atoms with Gasteiger partial charge in [-0.25, -0.2) is 0 Å². The quantitative estimate of drug-likeness (QED) is 0.652. The van der Waals surface area contributed by atoms with E-state index < -0.39 is 0 Å². The minimum absolute atomic E-state index is 0.630. The third-order valence-electron chi connectivity index (χ3n) is 4.81. The Balaban J connectivity index is 2.15. The maximum Gasteiger partial charge on any atom is 0.0474 e. The van der Waals surface area contributed by atoms with Gasteiger partial charge in [0.05, 0.1) is 0 Å². The van der Waals surface area contributed by atoms with Crippen LogP contribution in [0, 0.1) is 5.92 Å². The second kappa shape index (κ2) is 9.73. The summed E-state index contributed by atoms with van der Waals surface area (Å²) in [5.74, 6) is 0.993. The fourth-order valence-electron chi connectivity index (χ4n) is 3.12. The zero-order valence-electron chi connectivity index (χ0n) is 13.5. The van der Waals surface area contributed by atoms with E-state index in [0.717, 1.165) is 38.1 Å². The molecule has 114 valence electrons. The van der Waals surface area contributed by atoms with Gasteiger partial charge in [0, 0.05) is 32.3 Å². The summed E-state index contributed by atoms with van der Waals surface area (Å²) in [7, 11) is 4.07. The van der Waals surface area contributed by atoms with Gasteiger partial charge in [-0.05, 0) is 58.5 Å². The Kier molecular flexibility index (Phi) is 8.67. The van der Waals surface area contributed by atoms with Gasteiger partial charge in [0.2, 0.25) is 0 Å². The zero-order chi connectivity index (χ0) is 14.1. The third kappa shape index (κ3) is 6.24. The van der Waals surface area contributed by atoms with Crippen molar-refractivity contribution in [1.82, 2.24) is 10.2 Å². The maximum atomic E-state index is 5.06. The van der Waals surface area contributed by atoms with Gasteiger partial charge in [0.25, 0.3) is 0 Å². The van der Waals surface area contributed by atoms with Crippen LogP contribution in [0.2, 0.25) is 0 Å². The topological polar surface area (TPSA) is 24.5 Å². The Hall–Kier alpha value is -0.120. The van der Waals surface area contributed by atoms with E-state index in [2.05, 4.69) is 31.1 Å². The van der Waals surface area contributed by atoms with Gasteiger partial charge in [0.15, 0.2) is 0 Å². The predicted molar refractivity (Wildman–Crippen MR) is 82.6 cm³/mol. The van der Waals surface area contributed by atoms with E-state index in [-0.39, 0.29) is 0 Å². The van der Waals surface area contributed by atoms with E-state index in [0.29, 0.717) is 6.04 Å². The molecule has 1 unspecified atom stereocenters. The molecule has 19 heavy (non-hydrogen) atoms. The van der Waals surface area contributed by atoms with E-state index in [1.807, 2.05) is 0 Å². The summed E-state index contributed by atoms with van der Waals surface area (Å²) in [4.78, 5) is 2.59. The van der Waals surface area contributed by atoms with Crippen molar-refractivity contribution in [1.29, 1.82) is 0 Å². The van der Waals surface area contributed by atoms with Crippen molar-refractivity contribution in [3.8, 4) is 0 Å². The normalized spacial score (nSPS) is 25.7. The molecule has 1 saturated carbocycles. The first-order valence-corrected chi connectivity index (χ1v) is 8.10. The summed E-state index contributed by atoms with van der Waals surface area (Å²) < 4.78 is 5.06. The lowest BCUT2D eigenvalue weighted by molar-refractivity contribution is 0.124. The molecule has 1 rings (SSSR count). The Morgan fingerprint density at radius 2 is 1.95 bits per heavy atom. The highest BCUT2D eigenvalue weighted by Gasteiger charge is 2.25. The van der Waals surface area contributed by atoms with Crippen molar-refractivity contribution in [3.63, 3.8) is 0 Å². The molecule has 1 aliphatic carbocycles. The van der Waals surface area contributed by atoms with Gasteiger partial charge in [-0.1, -0.05) is 13.3 Å². The van der Waals surface area contributed by atoms with Gasteiger partial charge in [-0.3, -0.25) is 4.90 Å². The average molecular weight is 270 g/mol. The van der Waals surface area contributed by atoms with Crippen molar-refractivity contribution >= 4 is 0 Å². The lowest BCUT2D eigenvalue weighted by Crippen LogP contribution is -2.45. The van der Waals surface area contributed by atoms with E-state index >= 15 is 0 Å². The Labute approximate surface area is 120 Å². The lowest BCUT2D eigenvalue weighted by atomic mass is 9.84. The zero-order valence-corrected chi connectivity index (χ0v) is 13.5. The first kappa shape index (κ1) is 16.9. The van der Waals surface area contributed by atoms with Crippen molar-refractivity contribution in [2.24, 2.45) is 5.92 Å². The molecule has 0 heterocycles. The van der Waals surface area contributed by atoms with E-state index in [1.54, 1.807) is 7.11 Å². The minimum atomic E-state index is 0.630. The molecule has 0 radical (unpaired) electrons. The number of hydrogen-bond acceptors (Lipinski definition) is 3. The number of hydrogen-bond donors (Lipinski definition) is 1. The monoisotopic (exact) mass is 270 g/mol. The molecule has 1 atom stereocenters. The highest BCUT2D eigenvalue weighted by Crippen LogP contribution is 2.29. The maximum absolute atomic E-state index is 5.06. The molecule has 0 spiro atoms. The highest BCUT2D eigenvalue weighted by atomic mass is 16.5. The van der Waals surface area contributed by atoms with Crippen LogP contribution in [0.5, 0.6) is 0 Å². The van der Waals surface area contributed by atoms with Gasteiger partial charge in [-0.2, -0.15) is 0 Å². The van der Waals surface area contributed by atoms with Crippen LogP contribution in [0.3, 0.4) is 0 Å². The highest BCUT2D eigenvalue weighted by molar-refractivity contribution is 4.81. The van der Waals surface area contributed by atoms with Crippen LogP contribution in [0.15, 0.2) is 0 Å². The molecule has 1 N–H and O–H groups in total. The van der Waals surface area contributed by atoms with Crippen molar-refractivity contribution in [3.05, 3.63) is 0 Å². The summed E-state index contributed by atoms with van der Waals surface area (Å²) >= 11 is 0. The standard InChI is InChI=1S/C16H34N2O/c1-5-15-7-9-16(10-8-15)18(3)14(2)13-17-11-6-12-19-4/h14-17H,5-13H2,1-4H3. The van der Waals surface area contributed by atoms with Gasteiger partial charge in [-0.15, -0.1) is 0 Å². The van der Waals surface area contributed by atoms with Gasteiger partial charge in [0.1, 0.15) is 0 Å². The van der Waals surface area contributed by atoms with E-state index in [4.69, 9.17) is 4.74 Å². The molecule has 0 aromatic carbocycles. The molecule has 3 heteroatoms. The lowest BCUT2D eigenvalue weighted by Gasteiger charge is -2.38. The molecule has 0 amide bonds. The third-order valence-corrected chi connectivity index (χ3v) is 4.81. The average Bonchev–Trinajstić information content (AvgIpc) is 2.46. The van der Waals surface area contributed by atoms with Crippen molar-refractivity contribution < 1.29 is 4.74 Å². The Morgan fingerprint density at radius 1 is 1.26 bits per heavy atom. The summed E-state index contributed by atoms with van der Waals surface area (Å²) in [6.45, 7) is 7.69. The summed E-state index contributed by atoms with van der Waals surface area (Å²) in [6.07, 6.45) is 8.12. The van der Waals surface area contributed by atoms with E-state index in [9.17, 15) is 0 Å². The molecule has 3 nitrogen and oxygen atoms in total. The summed E-state index contributed by atoms with van der Waals surface area (Å²) in [5.41, 5.74) is 0. The van der Waals surface area contributed by atoms with Crippen LogP contribution >= 0.6 is 0 Å². The van der Waals surface area contributed by atoms with Crippen LogP contribution in [-0.4, -0.2) is 50.8 Å². The number of likely N-dealkylation sites (N-methyl/N-ethyl adjacent to an activating group) is 1. The largest absolute Gasteiger partial charge is 0.385 e. The molecular formula is C16H34N2O. The second-order valence-electron chi connectivity index (χ2n) is 6.15. The smallest absolute Gasteiger partial charge is 0.0474 e. The van der Waals surface area contributed by atoms with E-state index in [1.165, 1.54) is 32.1 Å². The molecule has 0 bridgehead atoms. The fraction of sp³-hybridized carbons (Fsp3) is 1.00. The number of methoxy groups -OCH3 is 1. The molecule has 0 saturated heterocycles. The van der Waals surface area contributed by atoms with Crippen LogP contribution in [-0.2, 0) is 4.74 Å². The number of ether oxygens (including phenoxy) is 1. The second-order valence-corrected chi connectivity index (χ2v) is 6.15. The van der Waals surface area contributed by atoms with Gasteiger partial charge >= 0.3 is 0 Å². The minimum Gasteiger partial charge on any atom is -0.385 e. The SMILES string of the molecule is CCC1CCC(N(C)C(C)CNCCCOC)CC1. The molecular weight excluding hydrogens is 236 g/mol. The van der Waals surface area contributed by atoms with Crippen molar-refractivity contribution in [2.45, 2.75) is 64.5 Å². The van der Waals surface area contributed by atoms with Crippen LogP contribution in [0.25, 0.3) is 0 Å². The van der Waals surface area contributed by atoms with Crippen LogP contribution < -0.4 is 5.32 Å². The molecule has 0 aliphatic heterocycles. The van der Waals surface area contributed by atoms with Crippen LogP contribution in [0.1, 0.15) is 52.4 Å². The van der Waals surface area contributed by atoms with Crippen molar-refractivity contribution in [2.75, 3.05) is 33.9 Å².